The second kappa shape index (κ2) is 16.7. The van der Waals surface area contributed by atoms with Gasteiger partial charge < -0.3 is 28.4 Å². The van der Waals surface area contributed by atoms with E-state index in [0.29, 0.717) is 30.9 Å². The molecule has 0 aromatic heterocycles. The molecule has 0 aliphatic heterocycles. The van der Waals surface area contributed by atoms with E-state index in [9.17, 15) is 23.6 Å². The molecule has 3 aromatic rings. The van der Waals surface area contributed by atoms with E-state index in [1.165, 1.54) is 36.4 Å². The van der Waals surface area contributed by atoms with Crippen LogP contribution in [0, 0.1) is 5.82 Å². The molecule has 0 amide bonds. The van der Waals surface area contributed by atoms with Gasteiger partial charge in [-0.05, 0) is 60.7 Å². The maximum absolute atomic E-state index is 14.6. The molecule has 3 rings (SSSR count). The van der Waals surface area contributed by atoms with Gasteiger partial charge in [0.25, 0.3) is 0 Å². The van der Waals surface area contributed by atoms with Crippen molar-refractivity contribution in [2.75, 3.05) is 26.4 Å². The summed E-state index contributed by atoms with van der Waals surface area (Å²) in [5.74, 6) is -2.91. The van der Waals surface area contributed by atoms with Crippen LogP contribution >= 0.6 is 0 Å². The van der Waals surface area contributed by atoms with Crippen molar-refractivity contribution in [3.63, 3.8) is 0 Å². The lowest BCUT2D eigenvalue weighted by molar-refractivity contribution is -0.138. The van der Waals surface area contributed by atoms with E-state index in [2.05, 4.69) is 13.2 Å². The lowest BCUT2D eigenvalue weighted by atomic mass is 10.2. The highest BCUT2D eigenvalue weighted by Crippen LogP contribution is 2.25. The quantitative estimate of drug-likeness (QED) is 0.0942. The van der Waals surface area contributed by atoms with Crippen LogP contribution in [-0.4, -0.2) is 50.3 Å². The fourth-order valence-electron chi connectivity index (χ4n) is 3.29. The molecule has 224 valence electrons. The Hall–Kier alpha value is -5.45. The van der Waals surface area contributed by atoms with Crippen molar-refractivity contribution in [1.29, 1.82) is 0 Å². The predicted octanol–water partition coefficient (Wildman–Crippen LogP) is 5.26. The lowest BCUT2D eigenvalue weighted by Crippen LogP contribution is -2.11. The Balaban J connectivity index is 1.45. The fraction of sp³-hybridized carbons (Fsp3) is 0.188. The highest BCUT2D eigenvalue weighted by Gasteiger charge is 2.15. The molecule has 0 saturated carbocycles. The first-order chi connectivity index (χ1) is 20.8. The molecule has 43 heavy (non-hydrogen) atoms. The summed E-state index contributed by atoms with van der Waals surface area (Å²) < 4.78 is 45.8. The van der Waals surface area contributed by atoms with E-state index in [-0.39, 0.29) is 42.4 Å². The van der Waals surface area contributed by atoms with Crippen molar-refractivity contribution in [3.8, 4) is 23.0 Å². The monoisotopic (exact) mass is 592 g/mol. The molecule has 0 aliphatic rings. The molecule has 0 atom stereocenters. The van der Waals surface area contributed by atoms with Crippen molar-refractivity contribution in [2.24, 2.45) is 0 Å². The predicted molar refractivity (Wildman–Crippen MR) is 152 cm³/mol. The Labute approximate surface area is 247 Å². The molecule has 0 unspecified atom stereocenters. The van der Waals surface area contributed by atoms with Gasteiger partial charge >= 0.3 is 23.9 Å². The minimum atomic E-state index is -0.904. The second-order valence-electron chi connectivity index (χ2n) is 8.57. The van der Waals surface area contributed by atoms with Crippen LogP contribution in [-0.2, 0) is 19.1 Å². The van der Waals surface area contributed by atoms with Crippen LogP contribution in [0.5, 0.6) is 23.0 Å². The summed E-state index contributed by atoms with van der Waals surface area (Å²) in [6.45, 7) is 7.56. The van der Waals surface area contributed by atoms with Crippen LogP contribution in [0.25, 0.3) is 0 Å². The van der Waals surface area contributed by atoms with Gasteiger partial charge in [0, 0.05) is 31.1 Å². The number of benzene rings is 3. The maximum atomic E-state index is 14.6. The topological polar surface area (TPSA) is 124 Å². The number of hydrogen-bond donors (Lipinski definition) is 0. The van der Waals surface area contributed by atoms with E-state index in [1.807, 2.05) is 0 Å². The third-order valence-electron chi connectivity index (χ3n) is 5.43. The summed E-state index contributed by atoms with van der Waals surface area (Å²) in [4.78, 5) is 46.9. The molecule has 0 heterocycles. The molecular formula is C32H29FO10. The number of carbonyl (C=O) groups is 4. The van der Waals surface area contributed by atoms with Gasteiger partial charge in [-0.15, -0.1) is 0 Å². The molecule has 0 aliphatic carbocycles. The number of halogens is 1. The summed E-state index contributed by atoms with van der Waals surface area (Å²) in [6, 6.07) is 15.5. The molecular weight excluding hydrogens is 563 g/mol. The fourth-order valence-corrected chi connectivity index (χ4v) is 3.29. The van der Waals surface area contributed by atoms with E-state index in [1.54, 1.807) is 24.3 Å². The average Bonchev–Trinajstić information content (AvgIpc) is 3.02. The smallest absolute Gasteiger partial charge is 0.343 e. The van der Waals surface area contributed by atoms with Crippen LogP contribution in [0.2, 0.25) is 0 Å². The van der Waals surface area contributed by atoms with Crippen LogP contribution in [0.4, 0.5) is 4.39 Å². The zero-order valence-electron chi connectivity index (χ0n) is 23.1. The Morgan fingerprint density at radius 2 is 1.05 bits per heavy atom. The molecule has 0 fully saturated rings. The summed E-state index contributed by atoms with van der Waals surface area (Å²) in [5.41, 5.74) is 0.359. The zero-order valence-corrected chi connectivity index (χ0v) is 23.1. The number of ether oxygens (including phenoxy) is 6. The summed E-state index contributed by atoms with van der Waals surface area (Å²) in [5, 5.41) is 0. The lowest BCUT2D eigenvalue weighted by Gasteiger charge is -2.10. The highest BCUT2D eigenvalue weighted by molar-refractivity contribution is 5.92. The van der Waals surface area contributed by atoms with Crippen molar-refractivity contribution in [1.82, 2.24) is 0 Å². The van der Waals surface area contributed by atoms with Gasteiger partial charge in [0.15, 0.2) is 11.6 Å². The summed E-state index contributed by atoms with van der Waals surface area (Å²) in [6.07, 6.45) is 3.09. The Kier molecular flexibility index (Phi) is 12.5. The third-order valence-corrected chi connectivity index (χ3v) is 5.43. The minimum Gasteiger partial charge on any atom is -0.493 e. The molecule has 0 radical (unpaired) electrons. The number of hydrogen-bond acceptors (Lipinski definition) is 10. The van der Waals surface area contributed by atoms with Crippen molar-refractivity contribution in [3.05, 3.63) is 109 Å². The first kappa shape index (κ1) is 32.1. The maximum Gasteiger partial charge on any atom is 0.343 e. The molecule has 0 saturated heterocycles. The Morgan fingerprint density at radius 1 is 0.605 bits per heavy atom. The van der Waals surface area contributed by atoms with Gasteiger partial charge in [0.05, 0.1) is 37.6 Å². The van der Waals surface area contributed by atoms with Gasteiger partial charge in [-0.3, -0.25) is 0 Å². The summed E-state index contributed by atoms with van der Waals surface area (Å²) >= 11 is 0. The molecule has 0 bridgehead atoms. The minimum absolute atomic E-state index is 0.0857. The van der Waals surface area contributed by atoms with Gasteiger partial charge in [-0.25, -0.2) is 23.6 Å². The Bertz CT molecular complexity index is 1430. The second-order valence-corrected chi connectivity index (χ2v) is 8.57. The molecule has 11 heteroatoms. The number of carbonyl (C=O) groups excluding carboxylic acids is 4. The van der Waals surface area contributed by atoms with Crippen LogP contribution in [0.15, 0.2) is 92.0 Å². The first-order valence-electron chi connectivity index (χ1n) is 13.1. The molecule has 0 N–H and O–H groups in total. The van der Waals surface area contributed by atoms with Crippen molar-refractivity contribution < 1.29 is 52.0 Å². The van der Waals surface area contributed by atoms with Gasteiger partial charge in [0.1, 0.15) is 17.2 Å². The molecule has 10 nitrogen and oxygen atoms in total. The first-order valence-corrected chi connectivity index (χ1v) is 13.1. The van der Waals surface area contributed by atoms with Gasteiger partial charge in [-0.2, -0.15) is 0 Å². The van der Waals surface area contributed by atoms with E-state index < -0.39 is 29.7 Å². The van der Waals surface area contributed by atoms with E-state index in [4.69, 9.17) is 28.4 Å². The van der Waals surface area contributed by atoms with Crippen LogP contribution in [0.1, 0.15) is 33.6 Å². The standard InChI is InChI=1S/C32H29FO10/c1-3-29(34)40-19-5-17-38-24-11-7-22(8-12-24)31(36)42-26-15-16-28(27(33)21-26)43-32(37)23-9-13-25(14-10-23)39-18-6-20-41-30(35)4-2/h3-4,7-16,21H,1-2,5-6,17-20H2. The van der Waals surface area contributed by atoms with Crippen molar-refractivity contribution >= 4 is 23.9 Å². The number of esters is 4. The van der Waals surface area contributed by atoms with E-state index >= 15 is 0 Å². The van der Waals surface area contributed by atoms with Crippen LogP contribution in [0.3, 0.4) is 0 Å². The average molecular weight is 593 g/mol. The Morgan fingerprint density at radius 3 is 1.49 bits per heavy atom. The molecule has 0 spiro atoms. The highest BCUT2D eigenvalue weighted by atomic mass is 19.1. The van der Waals surface area contributed by atoms with Gasteiger partial charge in [-0.1, -0.05) is 13.2 Å². The van der Waals surface area contributed by atoms with Crippen molar-refractivity contribution in [2.45, 2.75) is 12.8 Å². The SMILES string of the molecule is C=CC(=O)OCCCOc1ccc(C(=O)Oc2ccc(OC(=O)c3ccc(OCCCOC(=O)C=C)cc3)c(F)c2)cc1. The van der Waals surface area contributed by atoms with E-state index in [0.717, 1.165) is 18.2 Å². The van der Waals surface area contributed by atoms with Gasteiger partial charge in [0.2, 0.25) is 0 Å². The largest absolute Gasteiger partial charge is 0.493 e. The molecule has 3 aromatic carbocycles. The van der Waals surface area contributed by atoms with Crippen LogP contribution < -0.4 is 18.9 Å². The summed E-state index contributed by atoms with van der Waals surface area (Å²) in [7, 11) is 0. The number of rotatable bonds is 16. The normalized spacial score (nSPS) is 10.2. The zero-order chi connectivity index (χ0) is 31.0. The third kappa shape index (κ3) is 10.8.